The van der Waals surface area contributed by atoms with Crippen LogP contribution in [0.25, 0.3) is 12.3 Å². The Hall–Kier alpha value is -0.0117. The summed E-state index contributed by atoms with van der Waals surface area (Å²) in [4.78, 5) is 16.1. The SMILES string of the molecule is O=NO.O=N[O-].[Cl][Pt+2][Cl].[NH2-].[NH2-]. The maximum atomic E-state index is 8.11. The summed E-state index contributed by atoms with van der Waals surface area (Å²) in [6.07, 6.45) is 0. The molecule has 0 radical (unpaired) electrons. The van der Waals surface area contributed by atoms with Gasteiger partial charge in [0.1, 0.15) is 0 Å². The van der Waals surface area contributed by atoms with Crippen molar-refractivity contribution in [2.24, 2.45) is 10.7 Å². The van der Waals surface area contributed by atoms with Crippen LogP contribution in [0.2, 0.25) is 0 Å². The first kappa shape index (κ1) is 30.6. The van der Waals surface area contributed by atoms with Gasteiger partial charge in [0, 0.05) is 0 Å². The molecule has 0 aliphatic carbocycles. The van der Waals surface area contributed by atoms with E-state index in [0.29, 0.717) is 0 Å². The van der Waals surface area contributed by atoms with Crippen LogP contribution in [0.1, 0.15) is 0 Å². The quantitative estimate of drug-likeness (QED) is 0.494. The standard InChI is InChI=1S/2ClH.2HNO2.2H2N.Pt/c;;2*2-1-3;;;/h2*1H;2*(H,2,3);2*1H2;/q;;;;2*-1;+4/p-3. The van der Waals surface area contributed by atoms with E-state index in [-0.39, 0.29) is 12.3 Å². The molecule has 0 aliphatic rings. The number of nitrogens with zero attached hydrogens (tertiary/aromatic N) is 2. The van der Waals surface area contributed by atoms with Crippen LogP contribution in [0.5, 0.6) is 0 Å². The third-order valence-electron chi connectivity index (χ3n) is 0. The molecule has 0 aromatic carbocycles. The van der Waals surface area contributed by atoms with Gasteiger partial charge in [0.25, 0.3) is 0 Å². The van der Waals surface area contributed by atoms with Crippen LogP contribution in [0.3, 0.4) is 0 Å². The first-order valence-corrected chi connectivity index (χ1v) is 6.62. The molecule has 0 rings (SSSR count). The molecule has 0 aromatic heterocycles. The van der Waals surface area contributed by atoms with E-state index >= 15 is 0 Å². The number of hydrogen-bond acceptors (Lipinski definition) is 5. The van der Waals surface area contributed by atoms with Crippen molar-refractivity contribution >= 4 is 18.8 Å². The number of rotatable bonds is 0. The van der Waals surface area contributed by atoms with Crippen molar-refractivity contribution in [3.05, 3.63) is 27.3 Å². The summed E-state index contributed by atoms with van der Waals surface area (Å²) in [7, 11) is 9.75. The van der Waals surface area contributed by atoms with Gasteiger partial charge in [0.15, 0.2) is 5.34 Å². The predicted molar refractivity (Wildman–Crippen MR) is 39.0 cm³/mol. The second-order valence-electron chi connectivity index (χ2n) is 0.201. The maximum Gasteiger partial charge on any atom is -0.693 e. The molecule has 0 amide bonds. The van der Waals surface area contributed by atoms with E-state index in [1.807, 2.05) is 0 Å². The minimum Gasteiger partial charge on any atom is -0.693 e. The minimum atomic E-state index is -0.472. The monoisotopic (exact) mass is 390 g/mol. The van der Waals surface area contributed by atoms with Crippen LogP contribution in [0.4, 0.5) is 0 Å². The third-order valence-corrected chi connectivity index (χ3v) is 0. The zero-order chi connectivity index (χ0) is 8.12. The molecule has 74 valence electrons. The Labute approximate surface area is 78.7 Å². The van der Waals surface area contributed by atoms with Gasteiger partial charge in [-0.2, -0.15) is 0 Å². The molecular formula is H5Cl2N4O4Pt-. The van der Waals surface area contributed by atoms with E-state index in [1.165, 1.54) is 5.34 Å². The average molecular weight is 391 g/mol. The van der Waals surface area contributed by atoms with Gasteiger partial charge >= 0.3 is 35.3 Å². The first-order valence-electron chi connectivity index (χ1n) is 0.987. The molecule has 8 nitrogen and oxygen atoms in total. The van der Waals surface area contributed by atoms with Crippen LogP contribution in [-0.2, 0) is 16.5 Å². The van der Waals surface area contributed by atoms with Gasteiger partial charge in [-0.1, -0.05) is 0 Å². The second kappa shape index (κ2) is 90.4. The first-order chi connectivity index (χ1) is 4.24. The average Bonchev–Trinajstić information content (AvgIpc) is 1.70. The summed E-state index contributed by atoms with van der Waals surface area (Å²) in [6, 6.07) is 0. The van der Waals surface area contributed by atoms with Gasteiger partial charge in [-0.05, 0) is 0 Å². The number of halogens is 2. The summed E-state index contributed by atoms with van der Waals surface area (Å²) in [6.45, 7) is 0. The van der Waals surface area contributed by atoms with Crippen molar-refractivity contribution in [2.45, 2.75) is 0 Å². The molecule has 5 N–H and O–H groups in total. The Morgan fingerprint density at radius 2 is 1.27 bits per heavy atom. The van der Waals surface area contributed by atoms with Crippen molar-refractivity contribution in [1.82, 2.24) is 0 Å². The Bertz CT molecular complexity index is 49.4. The van der Waals surface area contributed by atoms with Crippen molar-refractivity contribution < 1.29 is 21.7 Å². The van der Waals surface area contributed by atoms with Crippen LogP contribution in [0.15, 0.2) is 10.7 Å². The molecule has 0 atom stereocenters. The second-order valence-corrected chi connectivity index (χ2v) is 3.48. The fraction of sp³-hybridized carbons (Fsp3) is 0. The predicted octanol–water partition coefficient (Wildman–Crippen LogP) is 3.20. The number of nitrogens with two attached hydrogens (primary N) is 2. The topological polar surface area (TPSA) is 169 Å². The summed E-state index contributed by atoms with van der Waals surface area (Å²) < 4.78 is 0. The normalized spacial score (nSPS) is 4.18. The van der Waals surface area contributed by atoms with E-state index < -0.39 is 16.5 Å². The molecule has 0 fully saturated rings. The van der Waals surface area contributed by atoms with Crippen molar-refractivity contribution in [1.29, 1.82) is 0 Å². The van der Waals surface area contributed by atoms with Gasteiger partial charge < -0.3 is 27.6 Å². The van der Waals surface area contributed by atoms with Crippen LogP contribution in [0, 0.1) is 15.0 Å². The summed E-state index contributed by atoms with van der Waals surface area (Å²) in [5.41, 5.74) is 0. The molecule has 0 aromatic rings. The van der Waals surface area contributed by atoms with E-state index in [0.717, 1.165) is 5.34 Å². The molecule has 11 heavy (non-hydrogen) atoms. The molecule has 0 unspecified atom stereocenters. The van der Waals surface area contributed by atoms with Crippen molar-refractivity contribution in [3.8, 4) is 0 Å². The maximum absolute atomic E-state index is 8.11. The molecule has 0 aliphatic heterocycles. The largest absolute Gasteiger partial charge is 0.693 e. The van der Waals surface area contributed by atoms with Crippen molar-refractivity contribution in [3.63, 3.8) is 0 Å². The fourth-order valence-electron chi connectivity index (χ4n) is 0. The Kier molecular flexibility index (Phi) is 251. The Balaban J connectivity index is -0.0000000150. The minimum absolute atomic E-state index is 0. The Morgan fingerprint density at radius 3 is 1.27 bits per heavy atom. The zero-order valence-corrected chi connectivity index (χ0v) is 8.58. The molecule has 0 bridgehead atoms. The van der Waals surface area contributed by atoms with E-state index in [1.54, 1.807) is 0 Å². The van der Waals surface area contributed by atoms with E-state index in [9.17, 15) is 0 Å². The Morgan fingerprint density at radius 1 is 1.27 bits per heavy atom. The van der Waals surface area contributed by atoms with Crippen molar-refractivity contribution in [2.75, 3.05) is 0 Å². The van der Waals surface area contributed by atoms with Crippen LogP contribution in [-0.4, -0.2) is 5.21 Å². The van der Waals surface area contributed by atoms with E-state index in [4.69, 9.17) is 39.1 Å². The smallest absolute Gasteiger partial charge is 0.693 e. The van der Waals surface area contributed by atoms with Crippen LogP contribution < -0.4 is 0 Å². The fourth-order valence-corrected chi connectivity index (χ4v) is 0. The molecular weight excluding hydrogens is 386 g/mol. The molecule has 0 saturated carbocycles. The molecule has 11 heteroatoms. The zero-order valence-electron chi connectivity index (χ0n) is 4.79. The third kappa shape index (κ3) is 4670000. The molecule has 0 spiro atoms. The van der Waals surface area contributed by atoms with Crippen LogP contribution >= 0.6 is 18.8 Å². The number of hydrogen-bond donors (Lipinski definition) is 1. The summed E-state index contributed by atoms with van der Waals surface area (Å²) in [5.74, 6) is 0. The van der Waals surface area contributed by atoms with E-state index in [2.05, 4.69) is 0 Å². The van der Waals surface area contributed by atoms with Gasteiger partial charge in [-0.25, -0.2) is 0 Å². The molecule has 0 heterocycles. The summed E-state index contributed by atoms with van der Waals surface area (Å²) >= 11 is -0.472. The summed E-state index contributed by atoms with van der Waals surface area (Å²) in [5, 5.41) is 16.9. The van der Waals surface area contributed by atoms with Gasteiger partial charge in [-0.15, -0.1) is 10.2 Å². The van der Waals surface area contributed by atoms with Gasteiger partial charge in [0.2, 0.25) is 0 Å². The molecule has 0 saturated heterocycles. The van der Waals surface area contributed by atoms with Gasteiger partial charge in [-0.3, -0.25) is 0 Å². The van der Waals surface area contributed by atoms with Gasteiger partial charge in [0.05, 0.1) is 0 Å².